The Morgan fingerprint density at radius 1 is 1.28 bits per heavy atom. The van der Waals surface area contributed by atoms with Crippen LogP contribution in [-0.4, -0.2) is 49.2 Å². The third kappa shape index (κ3) is 3.45. The normalized spacial score (nSPS) is 25.2. The smallest absolute Gasteiger partial charge is 0.324 e. The molecule has 0 aromatic rings. The van der Waals surface area contributed by atoms with E-state index in [4.69, 9.17) is 4.74 Å². The van der Waals surface area contributed by atoms with Crippen molar-refractivity contribution in [2.24, 2.45) is 5.92 Å². The van der Waals surface area contributed by atoms with Gasteiger partial charge in [0.05, 0.1) is 7.11 Å². The summed E-state index contributed by atoms with van der Waals surface area (Å²) in [5.41, 5.74) is 0. The zero-order valence-electron chi connectivity index (χ0n) is 11.2. The Bertz CT molecular complexity index is 309. The van der Waals surface area contributed by atoms with E-state index in [1.807, 2.05) is 0 Å². The van der Waals surface area contributed by atoms with Crippen molar-refractivity contribution in [3.63, 3.8) is 0 Å². The summed E-state index contributed by atoms with van der Waals surface area (Å²) < 4.78 is 4.93. The van der Waals surface area contributed by atoms with Gasteiger partial charge in [-0.05, 0) is 44.4 Å². The zero-order valence-corrected chi connectivity index (χ0v) is 11.2. The highest BCUT2D eigenvalue weighted by atomic mass is 16.5. The van der Waals surface area contributed by atoms with Crippen LogP contribution >= 0.6 is 0 Å². The molecular formula is C14H24N2O2. The molecule has 3 fully saturated rings. The van der Waals surface area contributed by atoms with E-state index >= 15 is 0 Å². The number of methoxy groups -OCH3 is 1. The Labute approximate surface area is 109 Å². The van der Waals surface area contributed by atoms with E-state index in [-0.39, 0.29) is 12.0 Å². The fourth-order valence-corrected chi connectivity index (χ4v) is 2.55. The summed E-state index contributed by atoms with van der Waals surface area (Å²) in [5, 5.41) is 3.43. The van der Waals surface area contributed by atoms with E-state index in [1.54, 1.807) is 0 Å². The second-order valence-corrected chi connectivity index (χ2v) is 6.15. The molecule has 3 aliphatic rings. The van der Waals surface area contributed by atoms with Gasteiger partial charge in [0, 0.05) is 25.2 Å². The van der Waals surface area contributed by atoms with Gasteiger partial charge in [0.25, 0.3) is 0 Å². The first-order chi connectivity index (χ1) is 8.76. The van der Waals surface area contributed by atoms with Crippen molar-refractivity contribution in [2.45, 2.75) is 56.7 Å². The minimum atomic E-state index is -0.123. The lowest BCUT2D eigenvalue weighted by Crippen LogP contribution is -2.48. The number of nitrogens with zero attached hydrogens (tertiary/aromatic N) is 1. The monoisotopic (exact) mass is 252 g/mol. The van der Waals surface area contributed by atoms with E-state index in [0.717, 1.165) is 18.5 Å². The average molecular weight is 252 g/mol. The summed E-state index contributed by atoms with van der Waals surface area (Å²) >= 11 is 0. The summed E-state index contributed by atoms with van der Waals surface area (Å²) in [5.74, 6) is 0.799. The van der Waals surface area contributed by atoms with E-state index in [2.05, 4.69) is 10.2 Å². The molecule has 4 nitrogen and oxygen atoms in total. The fraction of sp³-hybridized carbons (Fsp3) is 0.929. The van der Waals surface area contributed by atoms with Crippen LogP contribution in [-0.2, 0) is 9.53 Å². The van der Waals surface area contributed by atoms with Crippen LogP contribution in [0.15, 0.2) is 0 Å². The van der Waals surface area contributed by atoms with Crippen molar-refractivity contribution < 1.29 is 9.53 Å². The Balaban J connectivity index is 1.55. The number of rotatable bonds is 8. The molecule has 1 N–H and O–H groups in total. The lowest BCUT2D eigenvalue weighted by molar-refractivity contribution is -0.143. The minimum Gasteiger partial charge on any atom is -0.468 e. The van der Waals surface area contributed by atoms with Crippen LogP contribution in [0.1, 0.15) is 38.5 Å². The molecule has 0 bridgehead atoms. The van der Waals surface area contributed by atoms with Crippen molar-refractivity contribution >= 4 is 5.97 Å². The molecule has 1 unspecified atom stereocenters. The molecule has 3 aliphatic carbocycles. The second-order valence-electron chi connectivity index (χ2n) is 6.15. The van der Waals surface area contributed by atoms with Gasteiger partial charge in [-0.25, -0.2) is 0 Å². The molecule has 0 amide bonds. The number of hydrogen-bond acceptors (Lipinski definition) is 4. The van der Waals surface area contributed by atoms with E-state index < -0.39 is 0 Å². The molecule has 0 heterocycles. The molecule has 0 saturated heterocycles. The molecule has 0 aromatic heterocycles. The highest BCUT2D eigenvalue weighted by Crippen LogP contribution is 2.35. The highest BCUT2D eigenvalue weighted by Gasteiger charge is 2.37. The molecule has 1 atom stereocenters. The molecule has 18 heavy (non-hydrogen) atoms. The number of ether oxygens (including phenoxy) is 1. The molecular weight excluding hydrogens is 228 g/mol. The molecule has 3 rings (SSSR count). The van der Waals surface area contributed by atoms with Crippen molar-refractivity contribution in [2.75, 3.05) is 20.2 Å². The predicted molar refractivity (Wildman–Crippen MR) is 69.3 cm³/mol. The topological polar surface area (TPSA) is 41.6 Å². The van der Waals surface area contributed by atoms with Gasteiger partial charge >= 0.3 is 5.97 Å². The van der Waals surface area contributed by atoms with Crippen LogP contribution in [0.25, 0.3) is 0 Å². The first-order valence-electron chi connectivity index (χ1n) is 7.34. The number of carbonyl (C=O) groups excluding carboxylic acids is 1. The summed E-state index contributed by atoms with van der Waals surface area (Å²) in [4.78, 5) is 14.4. The van der Waals surface area contributed by atoms with Crippen molar-refractivity contribution in [3.8, 4) is 0 Å². The lowest BCUT2D eigenvalue weighted by Gasteiger charge is -2.26. The van der Waals surface area contributed by atoms with Crippen LogP contribution < -0.4 is 5.32 Å². The standard InChI is InChI=1S/C14H24N2O2/c1-18-14(17)13(15-11-4-5-11)9-16(12-6-7-12)8-10-2-3-10/h10-13,15H,2-9H2,1H3. The SMILES string of the molecule is COC(=O)C(CN(CC1CC1)C1CC1)NC1CC1. The molecule has 0 spiro atoms. The highest BCUT2D eigenvalue weighted by molar-refractivity contribution is 5.76. The maximum atomic E-state index is 11.8. The fourth-order valence-electron chi connectivity index (χ4n) is 2.55. The first kappa shape index (κ1) is 12.4. The van der Waals surface area contributed by atoms with E-state index in [1.165, 1.54) is 52.2 Å². The zero-order chi connectivity index (χ0) is 12.5. The van der Waals surface area contributed by atoms with Crippen LogP contribution in [0.4, 0.5) is 0 Å². The lowest BCUT2D eigenvalue weighted by atomic mass is 10.2. The van der Waals surface area contributed by atoms with E-state index in [0.29, 0.717) is 6.04 Å². The van der Waals surface area contributed by atoms with Crippen LogP contribution in [0, 0.1) is 5.92 Å². The second kappa shape index (κ2) is 5.17. The number of nitrogens with one attached hydrogen (secondary N) is 1. The van der Waals surface area contributed by atoms with Crippen LogP contribution in [0.5, 0.6) is 0 Å². The van der Waals surface area contributed by atoms with Gasteiger partial charge in [0.15, 0.2) is 0 Å². The van der Waals surface area contributed by atoms with Crippen molar-refractivity contribution in [1.29, 1.82) is 0 Å². The van der Waals surface area contributed by atoms with Crippen molar-refractivity contribution in [3.05, 3.63) is 0 Å². The van der Waals surface area contributed by atoms with Crippen LogP contribution in [0.2, 0.25) is 0 Å². The molecule has 0 aliphatic heterocycles. The number of hydrogen-bond donors (Lipinski definition) is 1. The molecule has 0 radical (unpaired) electrons. The summed E-state index contributed by atoms with van der Waals surface area (Å²) in [6.45, 7) is 2.02. The Morgan fingerprint density at radius 3 is 2.50 bits per heavy atom. The third-order valence-corrected chi connectivity index (χ3v) is 4.17. The molecule has 4 heteroatoms. The quantitative estimate of drug-likeness (QED) is 0.658. The van der Waals surface area contributed by atoms with Gasteiger partial charge in [-0.1, -0.05) is 0 Å². The van der Waals surface area contributed by atoms with Gasteiger partial charge in [-0.15, -0.1) is 0 Å². The Hall–Kier alpha value is -0.610. The summed E-state index contributed by atoms with van der Waals surface area (Å²) in [7, 11) is 1.49. The van der Waals surface area contributed by atoms with Gasteiger partial charge < -0.3 is 10.1 Å². The minimum absolute atomic E-state index is 0.0941. The van der Waals surface area contributed by atoms with Gasteiger partial charge in [-0.2, -0.15) is 0 Å². The maximum absolute atomic E-state index is 11.8. The third-order valence-electron chi connectivity index (χ3n) is 4.17. The number of carbonyl (C=O) groups is 1. The summed E-state index contributed by atoms with van der Waals surface area (Å²) in [6.07, 6.45) is 7.79. The number of esters is 1. The predicted octanol–water partition coefficient (Wildman–Crippen LogP) is 1.15. The molecule has 102 valence electrons. The summed E-state index contributed by atoms with van der Waals surface area (Å²) in [6, 6.07) is 1.16. The van der Waals surface area contributed by atoms with Gasteiger partial charge in [-0.3, -0.25) is 9.69 Å². The van der Waals surface area contributed by atoms with Crippen LogP contribution in [0.3, 0.4) is 0 Å². The van der Waals surface area contributed by atoms with Crippen molar-refractivity contribution in [1.82, 2.24) is 10.2 Å². The average Bonchev–Trinajstić information content (AvgIpc) is 3.21. The first-order valence-corrected chi connectivity index (χ1v) is 7.34. The Kier molecular flexibility index (Phi) is 3.57. The van der Waals surface area contributed by atoms with Gasteiger partial charge in [0.2, 0.25) is 0 Å². The van der Waals surface area contributed by atoms with E-state index in [9.17, 15) is 4.79 Å². The molecule has 0 aromatic carbocycles. The maximum Gasteiger partial charge on any atom is 0.324 e. The van der Waals surface area contributed by atoms with Gasteiger partial charge in [0.1, 0.15) is 6.04 Å². The Morgan fingerprint density at radius 2 is 2.00 bits per heavy atom. The largest absolute Gasteiger partial charge is 0.468 e. The molecule has 3 saturated carbocycles.